The highest BCUT2D eigenvalue weighted by Gasteiger charge is 2.13. The Balaban J connectivity index is 2.05. The van der Waals surface area contributed by atoms with E-state index in [2.05, 4.69) is 21.2 Å². The van der Waals surface area contributed by atoms with Crippen LogP contribution in [0.25, 0.3) is 0 Å². The Labute approximate surface area is 127 Å². The Kier molecular flexibility index (Phi) is 4.61. The third kappa shape index (κ3) is 3.49. The minimum Gasteiger partial charge on any atom is -0.478 e. The van der Waals surface area contributed by atoms with E-state index in [0.717, 1.165) is 21.2 Å². The number of hydrogen-bond acceptors (Lipinski definition) is 4. The Morgan fingerprint density at radius 2 is 2.20 bits per heavy atom. The average molecular weight is 359 g/mol. The van der Waals surface area contributed by atoms with Crippen molar-refractivity contribution in [2.75, 3.05) is 17.6 Å². The standard InChI is InChI=1S/C13H12BrFN2O2S/c14-12-2-1-7(20-12)3-4-17-11-5-8(13(18)19)10(16)6-9(11)15/h1-2,5-6,17H,3-4,16H2,(H,18,19). The third-order valence-electron chi connectivity index (χ3n) is 2.69. The number of carboxylic acid groups (broad SMARTS) is 1. The summed E-state index contributed by atoms with van der Waals surface area (Å²) in [6.45, 7) is 0.507. The summed E-state index contributed by atoms with van der Waals surface area (Å²) in [5.74, 6) is -1.73. The lowest BCUT2D eigenvalue weighted by Gasteiger charge is -2.09. The molecule has 0 radical (unpaired) electrons. The van der Waals surface area contributed by atoms with Crippen LogP contribution in [0.5, 0.6) is 0 Å². The van der Waals surface area contributed by atoms with Gasteiger partial charge in [-0.2, -0.15) is 0 Å². The maximum atomic E-state index is 13.7. The summed E-state index contributed by atoms with van der Waals surface area (Å²) in [4.78, 5) is 12.1. The molecule has 0 aliphatic heterocycles. The van der Waals surface area contributed by atoms with Gasteiger partial charge in [0.1, 0.15) is 5.82 Å². The third-order valence-corrected chi connectivity index (χ3v) is 4.37. The fraction of sp³-hybridized carbons (Fsp3) is 0.154. The molecule has 0 saturated heterocycles. The summed E-state index contributed by atoms with van der Waals surface area (Å²) in [6.07, 6.45) is 0.725. The number of carbonyl (C=O) groups is 1. The summed E-state index contributed by atoms with van der Waals surface area (Å²) < 4.78 is 14.7. The predicted octanol–water partition coefficient (Wildman–Crippen LogP) is 3.58. The SMILES string of the molecule is Nc1cc(F)c(NCCc2ccc(Br)s2)cc1C(=O)O. The molecular weight excluding hydrogens is 347 g/mol. The number of rotatable bonds is 5. The first kappa shape index (κ1) is 14.8. The van der Waals surface area contributed by atoms with Crippen molar-refractivity contribution in [3.8, 4) is 0 Å². The van der Waals surface area contributed by atoms with Crippen LogP contribution in [0.4, 0.5) is 15.8 Å². The maximum absolute atomic E-state index is 13.7. The number of thiophene rings is 1. The predicted molar refractivity (Wildman–Crippen MR) is 82.0 cm³/mol. The lowest BCUT2D eigenvalue weighted by atomic mass is 10.1. The molecule has 0 bridgehead atoms. The van der Waals surface area contributed by atoms with Crippen LogP contribution >= 0.6 is 27.3 Å². The number of anilines is 2. The highest BCUT2D eigenvalue weighted by atomic mass is 79.9. The zero-order chi connectivity index (χ0) is 14.7. The number of nitrogen functional groups attached to an aromatic ring is 1. The first-order valence-electron chi connectivity index (χ1n) is 5.78. The molecule has 0 saturated carbocycles. The van der Waals surface area contributed by atoms with Gasteiger partial charge in [-0.25, -0.2) is 9.18 Å². The van der Waals surface area contributed by atoms with Crippen LogP contribution in [0.3, 0.4) is 0 Å². The molecule has 0 aliphatic carbocycles. The van der Waals surface area contributed by atoms with E-state index < -0.39 is 11.8 Å². The van der Waals surface area contributed by atoms with Crippen molar-refractivity contribution in [2.45, 2.75) is 6.42 Å². The molecule has 0 aliphatic rings. The van der Waals surface area contributed by atoms with Crippen LogP contribution in [-0.2, 0) is 6.42 Å². The largest absolute Gasteiger partial charge is 0.478 e. The van der Waals surface area contributed by atoms with Gasteiger partial charge in [0.15, 0.2) is 0 Å². The summed E-state index contributed by atoms with van der Waals surface area (Å²) in [5.41, 5.74) is 5.42. The van der Waals surface area contributed by atoms with Crippen molar-refractivity contribution < 1.29 is 14.3 Å². The molecule has 7 heteroatoms. The lowest BCUT2D eigenvalue weighted by Crippen LogP contribution is -2.09. The highest BCUT2D eigenvalue weighted by Crippen LogP contribution is 2.24. The Morgan fingerprint density at radius 3 is 2.80 bits per heavy atom. The molecular formula is C13H12BrFN2O2S. The minimum atomic E-state index is -1.17. The summed E-state index contributed by atoms with van der Waals surface area (Å²) in [7, 11) is 0. The first-order chi connectivity index (χ1) is 9.47. The number of hydrogen-bond donors (Lipinski definition) is 3. The van der Waals surface area contributed by atoms with Crippen molar-refractivity contribution in [3.05, 3.63) is 44.3 Å². The van der Waals surface area contributed by atoms with Gasteiger partial charge in [-0.1, -0.05) is 0 Å². The van der Waals surface area contributed by atoms with Gasteiger partial charge in [0.05, 0.1) is 15.0 Å². The number of aromatic carboxylic acids is 1. The number of carboxylic acids is 1. The van der Waals surface area contributed by atoms with Gasteiger partial charge in [0, 0.05) is 17.1 Å². The summed E-state index contributed by atoms with van der Waals surface area (Å²) in [6, 6.07) is 6.18. The van der Waals surface area contributed by atoms with Crippen LogP contribution in [0.15, 0.2) is 28.1 Å². The van der Waals surface area contributed by atoms with Crippen molar-refractivity contribution >= 4 is 44.6 Å². The number of halogens is 2. The molecule has 1 heterocycles. The van der Waals surface area contributed by atoms with Gasteiger partial charge < -0.3 is 16.2 Å². The van der Waals surface area contributed by atoms with E-state index in [9.17, 15) is 9.18 Å². The van der Waals surface area contributed by atoms with E-state index >= 15 is 0 Å². The second-order valence-corrected chi connectivity index (χ2v) is 6.65. The molecule has 0 fully saturated rings. The molecule has 2 rings (SSSR count). The van der Waals surface area contributed by atoms with E-state index in [1.165, 1.54) is 6.07 Å². The zero-order valence-corrected chi connectivity index (χ0v) is 12.7. The smallest absolute Gasteiger partial charge is 0.337 e. The molecule has 1 aromatic heterocycles. The molecule has 0 amide bonds. The monoisotopic (exact) mass is 358 g/mol. The Bertz CT molecular complexity index is 645. The highest BCUT2D eigenvalue weighted by molar-refractivity contribution is 9.11. The van der Waals surface area contributed by atoms with E-state index in [4.69, 9.17) is 10.8 Å². The lowest BCUT2D eigenvalue weighted by molar-refractivity contribution is 0.0698. The van der Waals surface area contributed by atoms with Crippen LogP contribution in [0.2, 0.25) is 0 Å². The topological polar surface area (TPSA) is 75.3 Å². The second-order valence-electron chi connectivity index (χ2n) is 4.11. The number of benzene rings is 1. The molecule has 2 aromatic rings. The molecule has 1 aromatic carbocycles. The molecule has 0 unspecified atom stereocenters. The number of nitrogens with two attached hydrogens (primary N) is 1. The van der Waals surface area contributed by atoms with Crippen molar-refractivity contribution in [2.24, 2.45) is 0 Å². The van der Waals surface area contributed by atoms with Gasteiger partial charge in [-0.15, -0.1) is 11.3 Å². The normalized spacial score (nSPS) is 10.5. The Morgan fingerprint density at radius 1 is 1.45 bits per heavy atom. The van der Waals surface area contributed by atoms with Crippen LogP contribution in [0.1, 0.15) is 15.2 Å². The summed E-state index contributed by atoms with van der Waals surface area (Å²) >= 11 is 4.98. The van der Waals surface area contributed by atoms with Gasteiger partial charge in [-0.3, -0.25) is 0 Å². The van der Waals surface area contributed by atoms with E-state index in [1.54, 1.807) is 11.3 Å². The van der Waals surface area contributed by atoms with Crippen LogP contribution in [0, 0.1) is 5.82 Å². The van der Waals surface area contributed by atoms with E-state index in [-0.39, 0.29) is 16.9 Å². The second kappa shape index (κ2) is 6.23. The van der Waals surface area contributed by atoms with E-state index in [1.807, 2.05) is 12.1 Å². The first-order valence-corrected chi connectivity index (χ1v) is 7.38. The van der Waals surface area contributed by atoms with Gasteiger partial charge in [0.25, 0.3) is 0 Å². The zero-order valence-electron chi connectivity index (χ0n) is 10.3. The molecule has 4 nitrogen and oxygen atoms in total. The van der Waals surface area contributed by atoms with Crippen LogP contribution in [-0.4, -0.2) is 17.6 Å². The quantitative estimate of drug-likeness (QED) is 0.714. The number of nitrogens with one attached hydrogen (secondary N) is 1. The maximum Gasteiger partial charge on any atom is 0.337 e. The average Bonchev–Trinajstić information content (AvgIpc) is 2.77. The van der Waals surface area contributed by atoms with Crippen LogP contribution < -0.4 is 11.1 Å². The molecule has 106 valence electrons. The van der Waals surface area contributed by atoms with Crippen molar-refractivity contribution in [1.29, 1.82) is 0 Å². The van der Waals surface area contributed by atoms with Gasteiger partial charge in [-0.05, 0) is 46.6 Å². The van der Waals surface area contributed by atoms with E-state index in [0.29, 0.717) is 6.54 Å². The van der Waals surface area contributed by atoms with Gasteiger partial charge in [0.2, 0.25) is 0 Å². The molecule has 4 N–H and O–H groups in total. The minimum absolute atomic E-state index is 0.0808. The Hall–Kier alpha value is -1.60. The molecule has 0 atom stereocenters. The molecule has 0 spiro atoms. The fourth-order valence-corrected chi connectivity index (χ4v) is 3.20. The molecule has 20 heavy (non-hydrogen) atoms. The van der Waals surface area contributed by atoms with Crippen molar-refractivity contribution in [3.63, 3.8) is 0 Å². The van der Waals surface area contributed by atoms with Crippen molar-refractivity contribution in [1.82, 2.24) is 0 Å². The van der Waals surface area contributed by atoms with Gasteiger partial charge >= 0.3 is 5.97 Å². The summed E-state index contributed by atoms with van der Waals surface area (Å²) in [5, 5.41) is 11.8. The fourth-order valence-electron chi connectivity index (χ4n) is 1.72.